The molecule has 1 aliphatic rings. The Morgan fingerprint density at radius 2 is 1.66 bits per heavy atom. The fourth-order valence-electron chi connectivity index (χ4n) is 4.07. The molecular weight excluding hydrogens is 454 g/mol. The predicted octanol–water partition coefficient (Wildman–Crippen LogP) is 0.968. The molecule has 2 heterocycles. The van der Waals surface area contributed by atoms with Crippen molar-refractivity contribution in [3.8, 4) is 0 Å². The highest BCUT2D eigenvalue weighted by atomic mass is 16.4. The number of anilines is 4. The summed E-state index contributed by atoms with van der Waals surface area (Å²) < 4.78 is 0. The zero-order chi connectivity index (χ0) is 25.5. The third-order valence-corrected chi connectivity index (χ3v) is 5.83. The first-order valence-electron chi connectivity index (χ1n) is 11.5. The van der Waals surface area contributed by atoms with Gasteiger partial charge in [0.15, 0.2) is 5.82 Å². The normalized spacial score (nSPS) is 14.4. The number of nitrogens with zero attached hydrogens (tertiary/aromatic N) is 4. The highest BCUT2D eigenvalue weighted by Crippen LogP contribution is 2.29. The molecule has 7 N–H and O–H groups in total. The Kier molecular flexibility index (Phi) is 8.29. The standard InChI is InChI=1S/C23H31N7O5/c1-2-3-16-19(20(24)28-23(25)27-16)30-12-10-29(11-13-30)15-6-4-14(5-7-15)21(33)26-17(22(34)35)8-9-18(31)32/h4-7,17H,2-3,8-13H2,1H3,(H,26,33)(H,31,32)(H,34,35)(H4,24,25,27,28)/t17-/m0/s1. The van der Waals surface area contributed by atoms with Gasteiger partial charge in [-0.25, -0.2) is 9.78 Å². The molecule has 1 fully saturated rings. The first-order valence-corrected chi connectivity index (χ1v) is 11.5. The number of aryl methyl sites for hydroxylation is 1. The van der Waals surface area contributed by atoms with E-state index in [1.807, 2.05) is 0 Å². The molecular formula is C23H31N7O5. The van der Waals surface area contributed by atoms with Crippen molar-refractivity contribution >= 4 is 41.0 Å². The lowest BCUT2D eigenvalue weighted by molar-refractivity contribution is -0.140. The number of benzene rings is 1. The van der Waals surface area contributed by atoms with Gasteiger partial charge in [0.25, 0.3) is 5.91 Å². The second-order valence-electron chi connectivity index (χ2n) is 8.33. The second kappa shape index (κ2) is 11.4. The average Bonchev–Trinajstić information content (AvgIpc) is 2.81. The Hall–Kier alpha value is -4.09. The Labute approximate surface area is 202 Å². The fraction of sp³-hybridized carbons (Fsp3) is 0.435. The number of rotatable bonds is 10. The van der Waals surface area contributed by atoms with E-state index in [-0.39, 0.29) is 18.8 Å². The Balaban J connectivity index is 1.62. The van der Waals surface area contributed by atoms with Gasteiger partial charge in [-0.05, 0) is 37.1 Å². The van der Waals surface area contributed by atoms with E-state index in [4.69, 9.17) is 16.6 Å². The number of piperazine rings is 1. The molecule has 12 heteroatoms. The molecule has 0 bridgehead atoms. The SMILES string of the molecule is CCCc1nc(N)nc(N)c1N1CCN(c2ccc(C(=O)N[C@@H](CCC(=O)O)C(=O)O)cc2)CC1. The maximum absolute atomic E-state index is 12.5. The van der Waals surface area contributed by atoms with Crippen molar-refractivity contribution in [3.63, 3.8) is 0 Å². The number of carboxylic acids is 2. The summed E-state index contributed by atoms with van der Waals surface area (Å²) in [6, 6.07) is 5.59. The number of amides is 1. The molecule has 0 aliphatic carbocycles. The number of hydrogen-bond acceptors (Lipinski definition) is 9. The summed E-state index contributed by atoms with van der Waals surface area (Å²) in [4.78, 5) is 47.4. The van der Waals surface area contributed by atoms with Gasteiger partial charge in [-0.2, -0.15) is 4.98 Å². The van der Waals surface area contributed by atoms with Crippen molar-refractivity contribution in [2.75, 3.05) is 47.4 Å². The summed E-state index contributed by atoms with van der Waals surface area (Å²) in [6.45, 7) is 4.92. The molecule has 0 spiro atoms. The van der Waals surface area contributed by atoms with Crippen LogP contribution in [0.4, 0.5) is 23.1 Å². The van der Waals surface area contributed by atoms with Crippen LogP contribution in [0, 0.1) is 0 Å². The molecule has 1 saturated heterocycles. The minimum absolute atomic E-state index is 0.175. The molecule has 35 heavy (non-hydrogen) atoms. The van der Waals surface area contributed by atoms with Crippen molar-refractivity contribution < 1.29 is 24.6 Å². The lowest BCUT2D eigenvalue weighted by Gasteiger charge is -2.38. The van der Waals surface area contributed by atoms with Gasteiger partial charge in [-0.15, -0.1) is 0 Å². The number of carboxylic acid groups (broad SMARTS) is 2. The zero-order valence-corrected chi connectivity index (χ0v) is 19.6. The molecule has 1 amide bonds. The number of nitrogens with one attached hydrogen (secondary N) is 1. The first kappa shape index (κ1) is 25.5. The lowest BCUT2D eigenvalue weighted by atomic mass is 10.1. The number of carbonyl (C=O) groups is 3. The molecule has 3 rings (SSSR count). The van der Waals surface area contributed by atoms with Gasteiger partial charge >= 0.3 is 11.9 Å². The van der Waals surface area contributed by atoms with Crippen LogP contribution in [0.25, 0.3) is 0 Å². The number of nitrogen functional groups attached to an aromatic ring is 2. The topological polar surface area (TPSA) is 188 Å². The minimum Gasteiger partial charge on any atom is -0.481 e. The number of nitrogens with two attached hydrogens (primary N) is 2. The molecule has 0 radical (unpaired) electrons. The number of carbonyl (C=O) groups excluding carboxylic acids is 1. The fourth-order valence-corrected chi connectivity index (χ4v) is 4.07. The van der Waals surface area contributed by atoms with Crippen molar-refractivity contribution in [1.29, 1.82) is 0 Å². The predicted molar refractivity (Wildman–Crippen MR) is 131 cm³/mol. The van der Waals surface area contributed by atoms with Gasteiger partial charge in [0.05, 0.1) is 5.69 Å². The van der Waals surface area contributed by atoms with E-state index in [1.165, 1.54) is 0 Å². The smallest absolute Gasteiger partial charge is 0.326 e. The quantitative estimate of drug-likeness (QED) is 0.322. The van der Waals surface area contributed by atoms with Crippen LogP contribution in [-0.2, 0) is 16.0 Å². The molecule has 0 saturated carbocycles. The largest absolute Gasteiger partial charge is 0.481 e. The lowest BCUT2D eigenvalue weighted by Crippen LogP contribution is -2.47. The zero-order valence-electron chi connectivity index (χ0n) is 19.6. The van der Waals surface area contributed by atoms with E-state index in [0.717, 1.165) is 43.0 Å². The molecule has 1 aliphatic heterocycles. The van der Waals surface area contributed by atoms with Gasteiger partial charge in [0.2, 0.25) is 5.95 Å². The highest BCUT2D eigenvalue weighted by molar-refractivity contribution is 5.97. The van der Waals surface area contributed by atoms with Gasteiger partial charge in [-0.1, -0.05) is 13.3 Å². The number of hydrogen-bond donors (Lipinski definition) is 5. The van der Waals surface area contributed by atoms with Crippen LogP contribution in [-0.4, -0.2) is 70.2 Å². The third-order valence-electron chi connectivity index (χ3n) is 5.83. The van der Waals surface area contributed by atoms with Gasteiger partial charge < -0.3 is 36.8 Å². The van der Waals surface area contributed by atoms with Crippen LogP contribution in [0.3, 0.4) is 0 Å². The highest BCUT2D eigenvalue weighted by Gasteiger charge is 2.24. The summed E-state index contributed by atoms with van der Waals surface area (Å²) in [7, 11) is 0. The van der Waals surface area contributed by atoms with Crippen molar-refractivity contribution in [3.05, 3.63) is 35.5 Å². The molecule has 188 valence electrons. The van der Waals surface area contributed by atoms with Crippen molar-refractivity contribution in [2.24, 2.45) is 0 Å². The molecule has 12 nitrogen and oxygen atoms in total. The van der Waals surface area contributed by atoms with E-state index < -0.39 is 23.9 Å². The van der Waals surface area contributed by atoms with Gasteiger partial charge in [-0.3, -0.25) is 9.59 Å². The van der Waals surface area contributed by atoms with Crippen LogP contribution in [0.1, 0.15) is 42.2 Å². The second-order valence-corrected chi connectivity index (χ2v) is 8.33. The van der Waals surface area contributed by atoms with Crippen LogP contribution >= 0.6 is 0 Å². The van der Waals surface area contributed by atoms with Crippen molar-refractivity contribution in [2.45, 2.75) is 38.6 Å². The monoisotopic (exact) mass is 485 g/mol. The van der Waals surface area contributed by atoms with Crippen molar-refractivity contribution in [1.82, 2.24) is 15.3 Å². The van der Waals surface area contributed by atoms with E-state index >= 15 is 0 Å². The minimum atomic E-state index is -1.27. The van der Waals surface area contributed by atoms with Crippen LogP contribution < -0.4 is 26.6 Å². The molecule has 1 aromatic heterocycles. The maximum Gasteiger partial charge on any atom is 0.326 e. The number of aromatic nitrogens is 2. The summed E-state index contributed by atoms with van der Waals surface area (Å²) in [5.74, 6) is -2.41. The van der Waals surface area contributed by atoms with Crippen LogP contribution in [0.5, 0.6) is 0 Å². The van der Waals surface area contributed by atoms with E-state index in [2.05, 4.69) is 32.0 Å². The summed E-state index contributed by atoms with van der Waals surface area (Å²) in [5, 5.41) is 20.4. The molecule has 0 unspecified atom stereocenters. The maximum atomic E-state index is 12.5. The van der Waals surface area contributed by atoms with Crippen LogP contribution in [0.2, 0.25) is 0 Å². The Bertz CT molecular complexity index is 1070. The van der Waals surface area contributed by atoms with E-state index in [9.17, 15) is 19.5 Å². The van der Waals surface area contributed by atoms with Crippen LogP contribution in [0.15, 0.2) is 24.3 Å². The number of aliphatic carboxylic acids is 2. The average molecular weight is 486 g/mol. The Morgan fingerprint density at radius 3 is 2.23 bits per heavy atom. The summed E-state index contributed by atoms with van der Waals surface area (Å²) in [6.07, 6.45) is 1.13. The van der Waals surface area contributed by atoms with Gasteiger partial charge in [0.1, 0.15) is 11.7 Å². The molecule has 2 aromatic rings. The first-order chi connectivity index (χ1) is 16.7. The summed E-state index contributed by atoms with van der Waals surface area (Å²) in [5.41, 5.74) is 14.9. The molecule has 1 atom stereocenters. The molecule has 1 aromatic carbocycles. The van der Waals surface area contributed by atoms with E-state index in [1.54, 1.807) is 24.3 Å². The van der Waals surface area contributed by atoms with Gasteiger partial charge in [0, 0.05) is 43.9 Å². The van der Waals surface area contributed by atoms with E-state index in [0.29, 0.717) is 24.5 Å². The Morgan fingerprint density at radius 1 is 1.03 bits per heavy atom. The summed E-state index contributed by atoms with van der Waals surface area (Å²) >= 11 is 0. The third kappa shape index (κ3) is 6.49.